The average molecular weight is 634 g/mol. The van der Waals surface area contributed by atoms with Crippen molar-refractivity contribution in [3.8, 4) is 0 Å². The first-order valence-electron chi connectivity index (χ1n) is 15.8. The Bertz CT molecular complexity index is 1560. The number of urea groups is 1. The molecule has 0 bridgehead atoms. The number of piperidine rings is 1. The standard InChI is InChI=1S/C32H43N9O3S/c33-31(34)37-15-1-14-36-19-22-4-8-26(9-5-22)40-21-25-18-29(38-30(25)39-32(40)42)24-6-10-28(11-7-24)45(43,44)41(20-23-2-3-23)27-12-16-35-17-13-27/h4-11,18,21,23,27,30,35-36,38H,1-3,12-17,19-20H2,(H,39,42)(H4,33,34,37). The molecule has 1 unspecified atom stereocenters. The molecule has 240 valence electrons. The van der Waals surface area contributed by atoms with E-state index in [-0.39, 0.29) is 24.2 Å². The molecule has 1 saturated heterocycles. The second-order valence-electron chi connectivity index (χ2n) is 12.1. The molecule has 2 aromatic rings. The number of nitrogens with zero attached hydrogens (tertiary/aromatic N) is 3. The van der Waals surface area contributed by atoms with Crippen LogP contribution in [-0.2, 0) is 16.6 Å². The zero-order chi connectivity index (χ0) is 31.4. The van der Waals surface area contributed by atoms with Crippen LogP contribution in [0.2, 0.25) is 0 Å². The van der Waals surface area contributed by atoms with Gasteiger partial charge in [-0.05, 0) is 99.1 Å². The van der Waals surface area contributed by atoms with Crippen molar-refractivity contribution in [3.05, 3.63) is 77.5 Å². The lowest BCUT2D eigenvalue weighted by Gasteiger charge is -2.34. The van der Waals surface area contributed by atoms with Gasteiger partial charge in [0.15, 0.2) is 5.96 Å². The molecule has 8 N–H and O–H groups in total. The van der Waals surface area contributed by atoms with Crippen molar-refractivity contribution in [2.45, 2.75) is 55.8 Å². The summed E-state index contributed by atoms with van der Waals surface area (Å²) in [4.78, 5) is 18.9. The molecule has 2 amide bonds. The Hall–Kier alpha value is -3.91. The number of carbonyl (C=O) groups excluding carboxylic acids is 1. The number of hydrogen-bond donors (Lipinski definition) is 6. The highest BCUT2D eigenvalue weighted by molar-refractivity contribution is 7.89. The number of hydrogen-bond acceptors (Lipinski definition) is 7. The van der Waals surface area contributed by atoms with Crippen LogP contribution in [0.5, 0.6) is 0 Å². The lowest BCUT2D eigenvalue weighted by Crippen LogP contribution is -2.51. The molecule has 12 nitrogen and oxygen atoms in total. The molecule has 0 radical (unpaired) electrons. The Morgan fingerprint density at radius 2 is 1.73 bits per heavy atom. The Morgan fingerprint density at radius 1 is 1.00 bits per heavy atom. The van der Waals surface area contributed by atoms with Gasteiger partial charge in [-0.25, -0.2) is 13.2 Å². The summed E-state index contributed by atoms with van der Waals surface area (Å²) in [6, 6.07) is 14.7. The monoisotopic (exact) mass is 633 g/mol. The maximum absolute atomic E-state index is 13.8. The van der Waals surface area contributed by atoms with Crippen molar-refractivity contribution in [3.63, 3.8) is 0 Å². The number of guanidine groups is 1. The molecule has 4 aliphatic rings. The average Bonchev–Trinajstić information content (AvgIpc) is 3.78. The highest BCUT2D eigenvalue weighted by atomic mass is 32.2. The maximum atomic E-state index is 13.8. The number of nitrogens with two attached hydrogens (primary N) is 2. The summed E-state index contributed by atoms with van der Waals surface area (Å²) in [5.41, 5.74) is 15.2. The minimum absolute atomic E-state index is 0.0399. The van der Waals surface area contributed by atoms with Crippen LogP contribution in [0.15, 0.2) is 76.3 Å². The van der Waals surface area contributed by atoms with E-state index >= 15 is 0 Å². The largest absolute Gasteiger partial charge is 0.370 e. The molecule has 3 aliphatic heterocycles. The van der Waals surface area contributed by atoms with E-state index in [1.807, 2.05) is 48.7 Å². The molecule has 1 aliphatic carbocycles. The van der Waals surface area contributed by atoms with E-state index in [0.717, 1.165) is 79.8 Å². The molecule has 2 fully saturated rings. The van der Waals surface area contributed by atoms with Gasteiger partial charge in [-0.15, -0.1) is 0 Å². The molecule has 1 saturated carbocycles. The molecule has 1 atom stereocenters. The molecule has 3 heterocycles. The van der Waals surface area contributed by atoms with E-state index in [9.17, 15) is 13.2 Å². The van der Waals surface area contributed by atoms with Gasteiger partial charge in [-0.1, -0.05) is 24.3 Å². The van der Waals surface area contributed by atoms with Crippen LogP contribution in [0.25, 0.3) is 5.70 Å². The normalized spacial score (nSPS) is 20.2. The second kappa shape index (κ2) is 13.6. The van der Waals surface area contributed by atoms with Gasteiger partial charge >= 0.3 is 6.03 Å². The number of anilines is 1. The molecule has 6 rings (SSSR count). The number of benzene rings is 2. The fourth-order valence-corrected chi connectivity index (χ4v) is 7.74. The van der Waals surface area contributed by atoms with Crippen LogP contribution in [0.3, 0.4) is 0 Å². The van der Waals surface area contributed by atoms with Gasteiger partial charge in [-0.3, -0.25) is 9.89 Å². The number of nitrogens with one attached hydrogen (secondary N) is 4. The quantitative estimate of drug-likeness (QED) is 0.111. The van der Waals surface area contributed by atoms with Gasteiger partial charge in [0.05, 0.1) is 10.6 Å². The lowest BCUT2D eigenvalue weighted by atomic mass is 10.1. The van der Waals surface area contributed by atoms with Crippen LogP contribution in [0.1, 0.15) is 43.2 Å². The highest BCUT2D eigenvalue weighted by Crippen LogP contribution is 2.34. The van der Waals surface area contributed by atoms with Gasteiger partial charge in [-0.2, -0.15) is 4.31 Å². The van der Waals surface area contributed by atoms with Crippen molar-refractivity contribution in [2.75, 3.05) is 37.6 Å². The predicted octanol–water partition coefficient (Wildman–Crippen LogP) is 1.98. The SMILES string of the molecule is NC(N)=NCCCNCc1ccc(N2C=C3C=C(c4ccc(S(=O)(=O)N(CC5CC5)C5CCNCC5)cc4)NC3NC2=O)cc1. The maximum Gasteiger partial charge on any atom is 0.327 e. The van der Waals surface area contributed by atoms with E-state index in [0.29, 0.717) is 30.4 Å². The minimum Gasteiger partial charge on any atom is -0.370 e. The molecule has 45 heavy (non-hydrogen) atoms. The number of amides is 2. The first-order valence-corrected chi connectivity index (χ1v) is 17.2. The molecule has 13 heteroatoms. The van der Waals surface area contributed by atoms with E-state index in [1.165, 1.54) is 0 Å². The summed E-state index contributed by atoms with van der Waals surface area (Å²) in [6.07, 6.45) is 8.20. The number of aliphatic imine (C=N–C) groups is 1. The van der Waals surface area contributed by atoms with Gasteiger partial charge < -0.3 is 32.7 Å². The summed E-state index contributed by atoms with van der Waals surface area (Å²) in [7, 11) is -3.60. The smallest absolute Gasteiger partial charge is 0.327 e. The summed E-state index contributed by atoms with van der Waals surface area (Å²) >= 11 is 0. The first-order chi connectivity index (χ1) is 21.8. The van der Waals surface area contributed by atoms with Crippen molar-refractivity contribution < 1.29 is 13.2 Å². The van der Waals surface area contributed by atoms with Gasteiger partial charge in [0, 0.05) is 43.1 Å². The van der Waals surface area contributed by atoms with Crippen molar-refractivity contribution in [1.29, 1.82) is 0 Å². The fraction of sp³-hybridized carbons (Fsp3) is 0.438. The zero-order valence-corrected chi connectivity index (χ0v) is 26.2. The molecule has 0 spiro atoms. The van der Waals surface area contributed by atoms with Gasteiger partial charge in [0.2, 0.25) is 10.0 Å². The number of rotatable bonds is 13. The molecular weight excluding hydrogens is 590 g/mol. The van der Waals surface area contributed by atoms with Crippen molar-refractivity contribution in [2.24, 2.45) is 22.4 Å². The van der Waals surface area contributed by atoms with Crippen LogP contribution in [-0.4, -0.2) is 69.6 Å². The van der Waals surface area contributed by atoms with E-state index in [1.54, 1.807) is 21.3 Å². The first kappa shape index (κ1) is 31.1. The second-order valence-corrected chi connectivity index (χ2v) is 14.0. The van der Waals surface area contributed by atoms with Crippen LogP contribution >= 0.6 is 0 Å². The third-order valence-corrected chi connectivity index (χ3v) is 10.6. The number of carbonyl (C=O) groups is 1. The third kappa shape index (κ3) is 7.50. The van der Waals surface area contributed by atoms with Gasteiger partial charge in [0.1, 0.15) is 6.17 Å². The molecular formula is C32H43N9O3S. The zero-order valence-electron chi connectivity index (χ0n) is 25.4. The fourth-order valence-electron chi connectivity index (χ4n) is 5.98. The van der Waals surface area contributed by atoms with Crippen molar-refractivity contribution >= 4 is 33.4 Å². The highest BCUT2D eigenvalue weighted by Gasteiger charge is 2.37. The van der Waals surface area contributed by atoms with Gasteiger partial charge in [0.25, 0.3) is 0 Å². The van der Waals surface area contributed by atoms with E-state index in [4.69, 9.17) is 11.5 Å². The topological polar surface area (TPSA) is 170 Å². The Morgan fingerprint density at radius 3 is 2.42 bits per heavy atom. The van der Waals surface area contributed by atoms with E-state index in [2.05, 4.69) is 26.3 Å². The summed E-state index contributed by atoms with van der Waals surface area (Å²) in [5.74, 6) is 0.580. The number of sulfonamides is 1. The third-order valence-electron chi connectivity index (χ3n) is 8.68. The summed E-state index contributed by atoms with van der Waals surface area (Å²) < 4.78 is 29.3. The van der Waals surface area contributed by atoms with Crippen LogP contribution < -0.4 is 37.6 Å². The molecule has 0 aromatic heterocycles. The Kier molecular flexibility index (Phi) is 9.40. The van der Waals surface area contributed by atoms with E-state index < -0.39 is 10.0 Å². The predicted molar refractivity (Wildman–Crippen MR) is 176 cm³/mol. The molecule has 2 aromatic carbocycles. The van der Waals surface area contributed by atoms with Crippen LogP contribution in [0.4, 0.5) is 10.5 Å². The Labute approximate surface area is 265 Å². The summed E-state index contributed by atoms with van der Waals surface area (Å²) in [6.45, 7) is 4.37. The summed E-state index contributed by atoms with van der Waals surface area (Å²) in [5, 5.41) is 13.1. The van der Waals surface area contributed by atoms with Crippen molar-refractivity contribution in [1.82, 2.24) is 25.6 Å². The lowest BCUT2D eigenvalue weighted by molar-refractivity contribution is 0.244. The number of fused-ring (bicyclic) bond motifs is 1. The van der Waals surface area contributed by atoms with Crippen LogP contribution in [0, 0.1) is 5.92 Å². The Balaban J connectivity index is 1.10. The minimum atomic E-state index is -3.60.